The Kier molecular flexibility index (Phi) is 7.33. The Morgan fingerprint density at radius 1 is 1.47 bits per heavy atom. The molecular weight excluding hydrogens is 234 g/mol. The van der Waals surface area contributed by atoms with E-state index in [4.69, 9.17) is 6.42 Å². The molecule has 1 amide bonds. The lowest BCUT2D eigenvalue weighted by atomic mass is 9.94. The summed E-state index contributed by atoms with van der Waals surface area (Å²) < 4.78 is 0. The molecule has 2 atom stereocenters. The number of aliphatic hydroxyl groups is 1. The largest absolute Gasteiger partial charge is 0.392 e. The van der Waals surface area contributed by atoms with Gasteiger partial charge in [0.05, 0.1) is 11.9 Å². The second kappa shape index (κ2) is 7.62. The van der Waals surface area contributed by atoms with Crippen molar-refractivity contribution in [1.29, 1.82) is 0 Å². The van der Waals surface area contributed by atoms with Crippen LogP contribution in [-0.2, 0) is 4.79 Å². The number of thioether (sulfide) groups is 1. The number of amides is 1. The van der Waals surface area contributed by atoms with Crippen LogP contribution in [0.1, 0.15) is 40.5 Å². The van der Waals surface area contributed by atoms with Crippen molar-refractivity contribution in [2.45, 2.75) is 57.4 Å². The topological polar surface area (TPSA) is 49.3 Å². The van der Waals surface area contributed by atoms with E-state index < -0.39 is 11.6 Å². The lowest BCUT2D eigenvalue weighted by Gasteiger charge is -2.27. The molecule has 98 valence electrons. The highest BCUT2D eigenvalue weighted by Gasteiger charge is 2.25. The average molecular weight is 257 g/mol. The van der Waals surface area contributed by atoms with Crippen molar-refractivity contribution in [2.24, 2.45) is 0 Å². The van der Waals surface area contributed by atoms with Crippen LogP contribution in [0.4, 0.5) is 0 Å². The molecular formula is C13H23NO2S. The number of terminal acetylenes is 1. The fourth-order valence-electron chi connectivity index (χ4n) is 1.32. The molecule has 0 heterocycles. The van der Waals surface area contributed by atoms with E-state index in [0.29, 0.717) is 5.75 Å². The van der Waals surface area contributed by atoms with Crippen LogP contribution in [0.3, 0.4) is 0 Å². The van der Waals surface area contributed by atoms with E-state index in [1.54, 1.807) is 6.92 Å². The molecule has 0 aromatic carbocycles. The summed E-state index contributed by atoms with van der Waals surface area (Å²) in [5.41, 5.74) is -0.522. The number of rotatable bonds is 7. The first kappa shape index (κ1) is 16.3. The number of carbonyl (C=O) groups excluding carboxylic acids is 1. The lowest BCUT2D eigenvalue weighted by Crippen LogP contribution is -2.47. The van der Waals surface area contributed by atoms with Gasteiger partial charge in [-0.05, 0) is 19.8 Å². The van der Waals surface area contributed by atoms with Gasteiger partial charge in [0.2, 0.25) is 5.91 Å². The monoisotopic (exact) mass is 257 g/mol. The van der Waals surface area contributed by atoms with Crippen LogP contribution in [0, 0.1) is 12.3 Å². The summed E-state index contributed by atoms with van der Waals surface area (Å²) in [4.78, 5) is 11.8. The van der Waals surface area contributed by atoms with Crippen molar-refractivity contribution in [2.75, 3.05) is 5.75 Å². The number of hydrogen-bond acceptors (Lipinski definition) is 3. The van der Waals surface area contributed by atoms with Gasteiger partial charge in [0.25, 0.3) is 0 Å². The molecule has 0 saturated carbocycles. The Morgan fingerprint density at radius 3 is 2.35 bits per heavy atom. The molecule has 0 rings (SSSR count). The highest BCUT2D eigenvalue weighted by atomic mass is 32.2. The zero-order valence-electron chi connectivity index (χ0n) is 11.1. The van der Waals surface area contributed by atoms with Gasteiger partial charge in [0.15, 0.2) is 0 Å². The van der Waals surface area contributed by atoms with Gasteiger partial charge < -0.3 is 10.4 Å². The minimum Gasteiger partial charge on any atom is -0.392 e. The molecule has 0 aromatic heterocycles. The minimum absolute atomic E-state index is 0.0456. The summed E-state index contributed by atoms with van der Waals surface area (Å²) in [6.07, 6.45) is 6.50. The molecule has 0 bridgehead atoms. The van der Waals surface area contributed by atoms with Crippen LogP contribution in [0.2, 0.25) is 0 Å². The minimum atomic E-state index is -0.522. The molecule has 0 aliphatic heterocycles. The third-order valence-electron chi connectivity index (χ3n) is 3.02. The Labute approximate surface area is 109 Å². The van der Waals surface area contributed by atoms with Crippen LogP contribution in [0.15, 0.2) is 0 Å². The van der Waals surface area contributed by atoms with Gasteiger partial charge in [-0.25, -0.2) is 0 Å². The van der Waals surface area contributed by atoms with Gasteiger partial charge in [0, 0.05) is 5.25 Å². The zero-order valence-corrected chi connectivity index (χ0v) is 11.9. The Morgan fingerprint density at radius 2 is 2.00 bits per heavy atom. The van der Waals surface area contributed by atoms with E-state index in [1.165, 1.54) is 11.8 Å². The number of hydrogen-bond donors (Lipinski definition) is 2. The fraction of sp³-hybridized carbons (Fsp3) is 0.769. The quantitative estimate of drug-likeness (QED) is 0.684. The molecule has 0 aliphatic carbocycles. The van der Waals surface area contributed by atoms with Crippen molar-refractivity contribution in [3.63, 3.8) is 0 Å². The van der Waals surface area contributed by atoms with Crippen LogP contribution < -0.4 is 5.32 Å². The van der Waals surface area contributed by atoms with E-state index in [2.05, 4.69) is 11.2 Å². The maximum absolute atomic E-state index is 11.8. The molecule has 3 nitrogen and oxygen atoms in total. The molecule has 0 spiro atoms. The van der Waals surface area contributed by atoms with Gasteiger partial charge in [-0.15, -0.1) is 18.2 Å². The Bertz CT molecular complexity index is 280. The highest BCUT2D eigenvalue weighted by Crippen LogP contribution is 2.16. The van der Waals surface area contributed by atoms with Crippen LogP contribution in [-0.4, -0.2) is 33.7 Å². The average Bonchev–Trinajstić information content (AvgIpc) is 2.33. The fourth-order valence-corrected chi connectivity index (χ4v) is 2.08. The second-order valence-electron chi connectivity index (χ2n) is 4.24. The first-order valence-corrected chi connectivity index (χ1v) is 7.04. The SMILES string of the molecule is C#CC(CC)(CC)NC(=O)CSC(C)C(C)O. The molecule has 0 aromatic rings. The third-order valence-corrected chi connectivity index (χ3v) is 4.37. The molecule has 2 N–H and O–H groups in total. The number of nitrogens with one attached hydrogen (secondary N) is 1. The lowest BCUT2D eigenvalue weighted by molar-refractivity contribution is -0.119. The van der Waals surface area contributed by atoms with E-state index in [0.717, 1.165) is 12.8 Å². The predicted octanol–water partition coefficient (Wildman–Crippen LogP) is 1.80. The molecule has 0 fully saturated rings. The standard InChI is InChI=1S/C13H23NO2S/c1-6-13(7-2,8-3)14-12(16)9-17-11(5)10(4)15/h1,10-11,15H,7-9H2,2-5H3,(H,14,16). The summed E-state index contributed by atoms with van der Waals surface area (Å²) in [6, 6.07) is 0. The van der Waals surface area contributed by atoms with E-state index in [-0.39, 0.29) is 11.2 Å². The first-order chi connectivity index (χ1) is 7.90. The summed E-state index contributed by atoms with van der Waals surface area (Å²) in [6.45, 7) is 7.56. The summed E-state index contributed by atoms with van der Waals surface area (Å²) in [7, 11) is 0. The van der Waals surface area contributed by atoms with Crippen molar-refractivity contribution in [3.05, 3.63) is 0 Å². The Balaban J connectivity index is 4.22. The first-order valence-electron chi connectivity index (χ1n) is 5.99. The van der Waals surface area contributed by atoms with Crippen molar-refractivity contribution < 1.29 is 9.90 Å². The van der Waals surface area contributed by atoms with Crippen LogP contribution >= 0.6 is 11.8 Å². The molecule has 4 heteroatoms. The van der Waals surface area contributed by atoms with Crippen LogP contribution in [0.25, 0.3) is 0 Å². The van der Waals surface area contributed by atoms with Crippen molar-refractivity contribution in [1.82, 2.24) is 5.32 Å². The summed E-state index contributed by atoms with van der Waals surface area (Å²) >= 11 is 1.43. The van der Waals surface area contributed by atoms with Crippen molar-refractivity contribution >= 4 is 17.7 Å². The molecule has 0 saturated heterocycles. The normalized spacial score (nSPS) is 14.8. The predicted molar refractivity (Wildman–Crippen MR) is 73.9 cm³/mol. The second-order valence-corrected chi connectivity index (χ2v) is 5.60. The van der Waals surface area contributed by atoms with E-state index in [9.17, 15) is 9.90 Å². The maximum Gasteiger partial charge on any atom is 0.231 e. The highest BCUT2D eigenvalue weighted by molar-refractivity contribution is 8.00. The van der Waals surface area contributed by atoms with E-state index in [1.807, 2.05) is 20.8 Å². The van der Waals surface area contributed by atoms with Gasteiger partial charge in [-0.2, -0.15) is 0 Å². The van der Waals surface area contributed by atoms with Crippen LogP contribution in [0.5, 0.6) is 0 Å². The third kappa shape index (κ3) is 5.47. The smallest absolute Gasteiger partial charge is 0.231 e. The molecule has 0 radical (unpaired) electrons. The summed E-state index contributed by atoms with van der Waals surface area (Å²) in [5, 5.41) is 12.3. The molecule has 17 heavy (non-hydrogen) atoms. The summed E-state index contributed by atoms with van der Waals surface area (Å²) in [5.74, 6) is 2.93. The van der Waals surface area contributed by atoms with Gasteiger partial charge in [0.1, 0.15) is 5.54 Å². The van der Waals surface area contributed by atoms with Gasteiger partial charge >= 0.3 is 0 Å². The van der Waals surface area contributed by atoms with E-state index >= 15 is 0 Å². The zero-order chi connectivity index (χ0) is 13.5. The Hall–Kier alpha value is -0.660. The molecule has 2 unspecified atom stereocenters. The maximum atomic E-state index is 11.8. The van der Waals surface area contributed by atoms with Crippen molar-refractivity contribution in [3.8, 4) is 12.3 Å². The number of aliphatic hydroxyl groups excluding tert-OH is 1. The number of carbonyl (C=O) groups is 1. The molecule has 0 aliphatic rings. The van der Waals surface area contributed by atoms with Gasteiger partial charge in [-0.1, -0.05) is 26.7 Å². The van der Waals surface area contributed by atoms with Gasteiger partial charge in [-0.3, -0.25) is 4.79 Å².